The molecular formula is C44H54IrNO2S-. The van der Waals surface area contributed by atoms with Gasteiger partial charge in [-0.2, -0.15) is 0 Å². The summed E-state index contributed by atoms with van der Waals surface area (Å²) in [4.78, 5) is 18.8. The van der Waals surface area contributed by atoms with E-state index in [1.54, 1.807) is 0 Å². The summed E-state index contributed by atoms with van der Waals surface area (Å²) in [5, 5.41) is 12.0. The summed E-state index contributed by atoms with van der Waals surface area (Å²) in [7, 11) is 0. The summed E-state index contributed by atoms with van der Waals surface area (Å²) in [5.74, 6) is 2.12. The molecule has 1 aliphatic heterocycles. The number of fused-ring (bicyclic) bond motifs is 6. The zero-order valence-electron chi connectivity index (χ0n) is 31.1. The smallest absolute Gasteiger partial charge is 0.162 e. The van der Waals surface area contributed by atoms with Gasteiger partial charge >= 0.3 is 0 Å². The van der Waals surface area contributed by atoms with Crippen LogP contribution in [0.25, 0.3) is 22.2 Å². The van der Waals surface area contributed by atoms with Gasteiger partial charge in [0.25, 0.3) is 0 Å². The Hall–Kier alpha value is -2.72. The standard InChI is InChI=1S/C27H22NS.C17H32O2.Ir/c1-16-15-22(28-21-13-6-4-9-17(16)21)18-11-8-12-20-24(18)27(2,3)25-19-10-5-7-14-23(19)29-26(20)25;1-10(2)16(11(3)4)14(18)9-15(19)17(12(5)6)13(7)8;/h4-10,12-15,25-26H,1-3H3;9-13,16-18H,1-8H3;/q-1;;/b;14-9-;. The third kappa shape index (κ3) is 7.65. The molecule has 263 valence electrons. The molecule has 1 aliphatic carbocycles. The fourth-order valence-corrected chi connectivity index (χ4v) is 10.4. The minimum Gasteiger partial charge on any atom is -0.512 e. The summed E-state index contributed by atoms with van der Waals surface area (Å²) in [6.07, 6.45) is 1.48. The molecule has 6 rings (SSSR count). The normalized spacial score (nSPS) is 17.8. The molecule has 2 unspecified atom stereocenters. The van der Waals surface area contributed by atoms with E-state index >= 15 is 0 Å². The number of nitrogens with zero attached hydrogens (tertiary/aromatic N) is 1. The fourth-order valence-electron chi connectivity index (χ4n) is 8.72. The molecule has 3 aromatic carbocycles. The van der Waals surface area contributed by atoms with Crippen molar-refractivity contribution in [3.05, 3.63) is 107 Å². The van der Waals surface area contributed by atoms with E-state index in [1.807, 2.05) is 11.8 Å². The maximum Gasteiger partial charge on any atom is 0.162 e. The molecule has 49 heavy (non-hydrogen) atoms. The van der Waals surface area contributed by atoms with Gasteiger partial charge in [-0.1, -0.05) is 112 Å². The van der Waals surface area contributed by atoms with Crippen LogP contribution in [0.5, 0.6) is 0 Å². The largest absolute Gasteiger partial charge is 0.512 e. The number of aliphatic hydroxyl groups excluding tert-OH is 1. The molecule has 0 bridgehead atoms. The Kier molecular flexibility index (Phi) is 12.5. The number of aryl methyl sites for hydroxylation is 1. The number of hydrogen-bond acceptors (Lipinski definition) is 4. The third-order valence-corrected chi connectivity index (χ3v) is 12.0. The van der Waals surface area contributed by atoms with Crippen LogP contribution in [0, 0.1) is 48.5 Å². The van der Waals surface area contributed by atoms with E-state index in [2.05, 4.69) is 149 Å². The first-order valence-corrected chi connectivity index (χ1v) is 18.6. The maximum atomic E-state index is 12.3. The number of allylic oxidation sites excluding steroid dienone is 2. The molecule has 2 atom stereocenters. The topological polar surface area (TPSA) is 50.2 Å². The maximum absolute atomic E-state index is 12.3. The number of pyridine rings is 1. The second kappa shape index (κ2) is 15.7. The second-order valence-corrected chi connectivity index (χ2v) is 17.0. The molecule has 2 aliphatic rings. The number of thioether (sulfide) groups is 1. The zero-order valence-corrected chi connectivity index (χ0v) is 34.3. The molecule has 0 fully saturated rings. The predicted octanol–water partition coefficient (Wildman–Crippen LogP) is 12.1. The predicted molar refractivity (Wildman–Crippen MR) is 204 cm³/mol. The van der Waals surface area contributed by atoms with Crippen LogP contribution in [-0.2, 0) is 30.3 Å². The number of ketones is 1. The molecular weight excluding hydrogens is 799 g/mol. The molecule has 3 nitrogen and oxygen atoms in total. The minimum atomic E-state index is -0.0119. The van der Waals surface area contributed by atoms with E-state index in [4.69, 9.17) is 4.98 Å². The zero-order chi connectivity index (χ0) is 35.1. The van der Waals surface area contributed by atoms with Crippen molar-refractivity contribution in [2.75, 3.05) is 0 Å². The van der Waals surface area contributed by atoms with E-state index in [1.165, 1.54) is 44.2 Å². The van der Waals surface area contributed by atoms with Crippen LogP contribution in [-0.4, -0.2) is 15.9 Å². The van der Waals surface area contributed by atoms with Crippen molar-refractivity contribution in [2.24, 2.45) is 35.5 Å². The van der Waals surface area contributed by atoms with Crippen LogP contribution in [0.15, 0.2) is 83.5 Å². The van der Waals surface area contributed by atoms with Gasteiger partial charge in [0, 0.05) is 59.5 Å². The van der Waals surface area contributed by atoms with Gasteiger partial charge in [-0.25, -0.2) is 0 Å². The van der Waals surface area contributed by atoms with E-state index in [-0.39, 0.29) is 48.9 Å². The molecule has 5 heteroatoms. The Labute approximate surface area is 313 Å². The second-order valence-electron chi connectivity index (χ2n) is 15.8. The van der Waals surface area contributed by atoms with Crippen molar-refractivity contribution in [3.8, 4) is 11.3 Å². The number of rotatable bonds is 8. The SMILES string of the molecule is CC(C)C(C(=O)/C=C(\O)C(C(C)C)C(C)C)C(C)C.Cc1cc(-c2[c-]ccc3c2C(C)(C)C2c4ccccc4SC32)nc2ccccc12.[Ir]. The average Bonchev–Trinajstić information content (AvgIpc) is 3.50. The van der Waals surface area contributed by atoms with Crippen molar-refractivity contribution < 1.29 is 30.0 Å². The minimum absolute atomic E-state index is 0. The van der Waals surface area contributed by atoms with Gasteiger partial charge in [-0.15, -0.1) is 46.7 Å². The molecule has 1 aromatic heterocycles. The number of hydrogen-bond donors (Lipinski definition) is 1. The van der Waals surface area contributed by atoms with E-state index < -0.39 is 0 Å². The number of aliphatic hydroxyl groups is 1. The van der Waals surface area contributed by atoms with Gasteiger partial charge in [-0.05, 0) is 65.0 Å². The number of aromatic nitrogens is 1. The van der Waals surface area contributed by atoms with Crippen LogP contribution in [0.4, 0.5) is 0 Å². The molecule has 1 radical (unpaired) electrons. The fraction of sp³-hybridized carbons (Fsp3) is 0.455. The van der Waals surface area contributed by atoms with Crippen LogP contribution in [0.2, 0.25) is 0 Å². The van der Waals surface area contributed by atoms with Crippen molar-refractivity contribution in [1.82, 2.24) is 4.98 Å². The summed E-state index contributed by atoms with van der Waals surface area (Å²) in [6, 6.07) is 27.6. The van der Waals surface area contributed by atoms with Crippen molar-refractivity contribution in [1.29, 1.82) is 0 Å². The van der Waals surface area contributed by atoms with Gasteiger partial charge in [0.2, 0.25) is 0 Å². The van der Waals surface area contributed by atoms with Crippen LogP contribution < -0.4 is 0 Å². The Bertz CT molecular complexity index is 1810. The molecule has 0 spiro atoms. The number of carbonyl (C=O) groups excluding carboxylic acids is 1. The van der Waals surface area contributed by atoms with Crippen molar-refractivity contribution in [2.45, 2.75) is 97.6 Å². The quantitative estimate of drug-likeness (QED) is 0.109. The van der Waals surface area contributed by atoms with Gasteiger partial charge < -0.3 is 5.11 Å². The Morgan fingerprint density at radius 1 is 0.857 bits per heavy atom. The summed E-state index contributed by atoms with van der Waals surface area (Å²) >= 11 is 2.03. The van der Waals surface area contributed by atoms with Gasteiger partial charge in [0.1, 0.15) is 0 Å². The molecule has 0 saturated carbocycles. The first-order chi connectivity index (χ1) is 22.6. The monoisotopic (exact) mass is 853 g/mol. The van der Waals surface area contributed by atoms with E-state index in [0.717, 1.165) is 11.2 Å². The van der Waals surface area contributed by atoms with Gasteiger partial charge in [0.15, 0.2) is 5.78 Å². The van der Waals surface area contributed by atoms with Crippen LogP contribution in [0.3, 0.4) is 0 Å². The summed E-state index contributed by atoms with van der Waals surface area (Å²) < 4.78 is 0. The number of para-hydroxylation sites is 1. The summed E-state index contributed by atoms with van der Waals surface area (Å²) in [6.45, 7) is 23.6. The van der Waals surface area contributed by atoms with Crippen molar-refractivity contribution in [3.63, 3.8) is 0 Å². The van der Waals surface area contributed by atoms with Crippen molar-refractivity contribution >= 4 is 28.4 Å². The average molecular weight is 853 g/mol. The van der Waals surface area contributed by atoms with Crippen LogP contribution >= 0.6 is 11.8 Å². The third-order valence-electron chi connectivity index (χ3n) is 10.6. The number of carbonyl (C=O) groups is 1. The van der Waals surface area contributed by atoms with Gasteiger partial charge in [0.05, 0.1) is 11.3 Å². The Morgan fingerprint density at radius 2 is 1.45 bits per heavy atom. The Balaban J connectivity index is 0.000000239. The number of benzene rings is 3. The van der Waals surface area contributed by atoms with E-state index in [9.17, 15) is 9.90 Å². The molecule has 4 aromatic rings. The molecule has 0 saturated heterocycles. The van der Waals surface area contributed by atoms with Crippen LogP contribution in [0.1, 0.15) is 103 Å². The van der Waals surface area contributed by atoms with Gasteiger partial charge in [-0.3, -0.25) is 9.78 Å². The first-order valence-electron chi connectivity index (χ1n) is 17.8. The Morgan fingerprint density at radius 3 is 2.08 bits per heavy atom. The van der Waals surface area contributed by atoms with E-state index in [0.29, 0.717) is 34.8 Å². The first kappa shape index (κ1) is 39.1. The molecule has 1 N–H and O–H groups in total. The molecule has 2 heterocycles. The molecule has 0 amide bonds. The summed E-state index contributed by atoms with van der Waals surface area (Å²) in [5.41, 5.74) is 8.97.